The zero-order valence-corrected chi connectivity index (χ0v) is 10.6. The van der Waals surface area contributed by atoms with E-state index >= 15 is 0 Å². The topological polar surface area (TPSA) is 20.2 Å². The summed E-state index contributed by atoms with van der Waals surface area (Å²) < 4.78 is 0. The average molecular weight is 226 g/mol. The van der Waals surface area contributed by atoms with E-state index in [1.807, 2.05) is 63.2 Å². The number of aliphatic hydroxyl groups is 1. The van der Waals surface area contributed by atoms with E-state index < -0.39 is 6.10 Å². The van der Waals surface area contributed by atoms with Gasteiger partial charge in [0.25, 0.3) is 0 Å². The quantitative estimate of drug-likeness (QED) is 0.828. The predicted molar refractivity (Wildman–Crippen MR) is 71.2 cm³/mol. The monoisotopic (exact) mass is 226 g/mol. The number of aliphatic hydroxyl groups excluding tert-OH is 1. The Morgan fingerprint density at radius 3 is 2.06 bits per heavy atom. The Balaban J connectivity index is 2.47. The molecular weight excluding hydrogens is 208 g/mol. The third-order valence-corrected chi connectivity index (χ3v) is 3.17. The Labute approximate surface area is 103 Å². The lowest BCUT2D eigenvalue weighted by atomic mass is 9.93. The Kier molecular flexibility index (Phi) is 3.30. The second kappa shape index (κ2) is 4.72. The number of benzene rings is 2. The summed E-state index contributed by atoms with van der Waals surface area (Å²) in [6, 6.07) is 14.2. The number of rotatable bonds is 2. The SMILES string of the molecule is Cc1cccc(C(O)c2c(C)cccc2C)c1. The van der Waals surface area contributed by atoms with E-state index in [-0.39, 0.29) is 0 Å². The minimum atomic E-state index is -0.531. The normalized spacial score (nSPS) is 12.5. The molecule has 1 unspecified atom stereocenters. The van der Waals surface area contributed by atoms with Gasteiger partial charge >= 0.3 is 0 Å². The maximum atomic E-state index is 10.5. The summed E-state index contributed by atoms with van der Waals surface area (Å²) >= 11 is 0. The molecule has 2 rings (SSSR count). The van der Waals surface area contributed by atoms with Gasteiger partial charge in [0.1, 0.15) is 6.10 Å². The van der Waals surface area contributed by atoms with E-state index in [9.17, 15) is 5.11 Å². The van der Waals surface area contributed by atoms with Crippen molar-refractivity contribution >= 4 is 0 Å². The summed E-state index contributed by atoms with van der Waals surface area (Å²) in [7, 11) is 0. The molecule has 1 atom stereocenters. The lowest BCUT2D eigenvalue weighted by Gasteiger charge is -2.17. The van der Waals surface area contributed by atoms with Gasteiger partial charge in [-0.2, -0.15) is 0 Å². The second-order valence-corrected chi connectivity index (χ2v) is 4.62. The van der Waals surface area contributed by atoms with Crippen LogP contribution in [-0.4, -0.2) is 5.11 Å². The van der Waals surface area contributed by atoms with E-state index in [0.717, 1.165) is 22.3 Å². The van der Waals surface area contributed by atoms with Crippen LogP contribution in [0.2, 0.25) is 0 Å². The first-order valence-corrected chi connectivity index (χ1v) is 5.90. The standard InChI is InChI=1S/C16H18O/c1-11-6-4-9-14(10-11)16(17)15-12(2)7-5-8-13(15)3/h4-10,16-17H,1-3H3. The molecule has 17 heavy (non-hydrogen) atoms. The summed E-state index contributed by atoms with van der Waals surface area (Å²) in [5.74, 6) is 0. The van der Waals surface area contributed by atoms with Gasteiger partial charge in [0, 0.05) is 0 Å². The van der Waals surface area contributed by atoms with Crippen molar-refractivity contribution in [3.8, 4) is 0 Å². The van der Waals surface area contributed by atoms with Gasteiger partial charge in [-0.05, 0) is 43.0 Å². The second-order valence-electron chi connectivity index (χ2n) is 4.62. The molecule has 0 aliphatic rings. The molecule has 0 amide bonds. The molecular formula is C16H18O. The third kappa shape index (κ3) is 2.40. The van der Waals surface area contributed by atoms with Crippen molar-refractivity contribution in [1.29, 1.82) is 0 Å². The van der Waals surface area contributed by atoms with Crippen LogP contribution in [0.15, 0.2) is 42.5 Å². The maximum absolute atomic E-state index is 10.5. The lowest BCUT2D eigenvalue weighted by molar-refractivity contribution is 0.218. The van der Waals surface area contributed by atoms with E-state index in [1.165, 1.54) is 5.56 Å². The van der Waals surface area contributed by atoms with Crippen LogP contribution >= 0.6 is 0 Å². The highest BCUT2D eigenvalue weighted by Gasteiger charge is 2.14. The highest BCUT2D eigenvalue weighted by molar-refractivity contribution is 5.41. The van der Waals surface area contributed by atoms with E-state index in [1.54, 1.807) is 0 Å². The maximum Gasteiger partial charge on any atom is 0.105 e. The van der Waals surface area contributed by atoms with E-state index in [2.05, 4.69) is 0 Å². The lowest BCUT2D eigenvalue weighted by Crippen LogP contribution is -2.04. The van der Waals surface area contributed by atoms with Crippen molar-refractivity contribution in [1.82, 2.24) is 0 Å². The average Bonchev–Trinajstić information content (AvgIpc) is 2.28. The number of hydrogen-bond donors (Lipinski definition) is 1. The minimum Gasteiger partial charge on any atom is -0.384 e. The summed E-state index contributed by atoms with van der Waals surface area (Å²) in [6.45, 7) is 6.13. The van der Waals surface area contributed by atoms with Crippen LogP contribution in [0.5, 0.6) is 0 Å². The fourth-order valence-electron chi connectivity index (χ4n) is 2.27. The van der Waals surface area contributed by atoms with Crippen molar-refractivity contribution in [3.63, 3.8) is 0 Å². The van der Waals surface area contributed by atoms with Crippen molar-refractivity contribution in [2.45, 2.75) is 26.9 Å². The van der Waals surface area contributed by atoms with Crippen molar-refractivity contribution < 1.29 is 5.11 Å². The number of aryl methyl sites for hydroxylation is 3. The van der Waals surface area contributed by atoms with Gasteiger partial charge in [0.2, 0.25) is 0 Å². The zero-order valence-electron chi connectivity index (χ0n) is 10.6. The molecule has 0 fully saturated rings. The summed E-state index contributed by atoms with van der Waals surface area (Å²) in [5, 5.41) is 10.5. The molecule has 0 heterocycles. The molecule has 0 aromatic heterocycles. The van der Waals surface area contributed by atoms with Crippen molar-refractivity contribution in [3.05, 3.63) is 70.3 Å². The van der Waals surface area contributed by atoms with Crippen LogP contribution in [0.1, 0.15) is 33.9 Å². The molecule has 0 spiro atoms. The van der Waals surface area contributed by atoms with Gasteiger partial charge in [-0.15, -0.1) is 0 Å². The smallest absolute Gasteiger partial charge is 0.105 e. The first kappa shape index (κ1) is 11.9. The molecule has 1 N–H and O–H groups in total. The predicted octanol–water partition coefficient (Wildman–Crippen LogP) is 3.69. The molecule has 0 radical (unpaired) electrons. The van der Waals surface area contributed by atoms with Crippen LogP contribution in [0.25, 0.3) is 0 Å². The van der Waals surface area contributed by atoms with Crippen LogP contribution < -0.4 is 0 Å². The summed E-state index contributed by atoms with van der Waals surface area (Å²) in [6.07, 6.45) is -0.531. The van der Waals surface area contributed by atoms with Crippen LogP contribution in [0.4, 0.5) is 0 Å². The van der Waals surface area contributed by atoms with Gasteiger partial charge < -0.3 is 5.11 Å². The highest BCUT2D eigenvalue weighted by atomic mass is 16.3. The summed E-state index contributed by atoms with van der Waals surface area (Å²) in [4.78, 5) is 0. The van der Waals surface area contributed by atoms with Crippen LogP contribution in [-0.2, 0) is 0 Å². The molecule has 88 valence electrons. The van der Waals surface area contributed by atoms with Gasteiger partial charge in [-0.1, -0.05) is 48.0 Å². The number of hydrogen-bond acceptors (Lipinski definition) is 1. The Hall–Kier alpha value is -1.60. The molecule has 1 nitrogen and oxygen atoms in total. The molecule has 2 aromatic carbocycles. The molecule has 0 saturated carbocycles. The Morgan fingerprint density at radius 2 is 1.47 bits per heavy atom. The fourth-order valence-corrected chi connectivity index (χ4v) is 2.27. The van der Waals surface area contributed by atoms with Gasteiger partial charge in [-0.25, -0.2) is 0 Å². The molecule has 0 bridgehead atoms. The largest absolute Gasteiger partial charge is 0.384 e. The van der Waals surface area contributed by atoms with Gasteiger partial charge in [0.15, 0.2) is 0 Å². The van der Waals surface area contributed by atoms with Gasteiger partial charge in [-0.3, -0.25) is 0 Å². The zero-order chi connectivity index (χ0) is 12.4. The van der Waals surface area contributed by atoms with Crippen molar-refractivity contribution in [2.75, 3.05) is 0 Å². The van der Waals surface area contributed by atoms with Gasteiger partial charge in [0.05, 0.1) is 0 Å². The first-order chi connectivity index (χ1) is 8.09. The van der Waals surface area contributed by atoms with E-state index in [4.69, 9.17) is 0 Å². The Bertz CT molecular complexity index is 509. The molecule has 0 aliphatic carbocycles. The molecule has 0 saturated heterocycles. The molecule has 2 aromatic rings. The molecule has 1 heteroatoms. The fraction of sp³-hybridized carbons (Fsp3) is 0.250. The first-order valence-electron chi connectivity index (χ1n) is 5.90. The third-order valence-electron chi connectivity index (χ3n) is 3.17. The van der Waals surface area contributed by atoms with E-state index in [0.29, 0.717) is 0 Å². The minimum absolute atomic E-state index is 0.531. The Morgan fingerprint density at radius 1 is 0.882 bits per heavy atom. The highest BCUT2D eigenvalue weighted by Crippen LogP contribution is 2.27. The summed E-state index contributed by atoms with van der Waals surface area (Å²) in [5.41, 5.74) is 5.44. The van der Waals surface area contributed by atoms with Crippen molar-refractivity contribution in [2.24, 2.45) is 0 Å². The van der Waals surface area contributed by atoms with Crippen LogP contribution in [0.3, 0.4) is 0 Å². The molecule has 0 aliphatic heterocycles. The van der Waals surface area contributed by atoms with Crippen LogP contribution in [0, 0.1) is 20.8 Å².